The van der Waals surface area contributed by atoms with E-state index in [1.54, 1.807) is 30.3 Å². The third kappa shape index (κ3) is 4.06. The van der Waals surface area contributed by atoms with E-state index in [9.17, 15) is 9.90 Å². The van der Waals surface area contributed by atoms with Gasteiger partial charge in [-0.1, -0.05) is 45.2 Å². The summed E-state index contributed by atoms with van der Waals surface area (Å²) >= 11 is 9.11. The highest BCUT2D eigenvalue weighted by Gasteiger charge is 2.07. The van der Waals surface area contributed by atoms with Gasteiger partial charge in [-0.05, 0) is 31.2 Å². The highest BCUT2D eigenvalue weighted by atomic mass is 79.9. The van der Waals surface area contributed by atoms with E-state index in [0.717, 1.165) is 5.56 Å². The van der Waals surface area contributed by atoms with Gasteiger partial charge in [0.05, 0.1) is 11.2 Å². The summed E-state index contributed by atoms with van der Waals surface area (Å²) < 4.78 is 0.705. The molecule has 2 aromatic rings. The molecule has 0 unspecified atom stereocenters. The second kappa shape index (κ2) is 6.74. The van der Waals surface area contributed by atoms with E-state index in [0.29, 0.717) is 15.6 Å². The molecule has 0 aliphatic rings. The molecule has 0 aliphatic heterocycles. The van der Waals surface area contributed by atoms with Crippen LogP contribution in [-0.2, 0) is 0 Å². The molecule has 0 heterocycles. The van der Waals surface area contributed by atoms with Crippen LogP contribution in [0, 0.1) is 6.92 Å². The van der Waals surface area contributed by atoms with E-state index >= 15 is 0 Å². The van der Waals surface area contributed by atoms with Gasteiger partial charge in [-0.25, -0.2) is 5.43 Å². The fourth-order valence-electron chi connectivity index (χ4n) is 1.70. The Morgan fingerprint density at radius 2 is 2.14 bits per heavy atom. The van der Waals surface area contributed by atoms with Gasteiger partial charge in [-0.15, -0.1) is 0 Å². The molecule has 21 heavy (non-hydrogen) atoms. The molecule has 0 spiro atoms. The smallest absolute Gasteiger partial charge is 0.271 e. The van der Waals surface area contributed by atoms with Crippen molar-refractivity contribution in [1.29, 1.82) is 0 Å². The molecule has 6 heteroatoms. The molecule has 0 saturated carbocycles. The molecule has 4 nitrogen and oxygen atoms in total. The molecule has 1 amide bonds. The van der Waals surface area contributed by atoms with Crippen molar-refractivity contribution in [3.8, 4) is 5.75 Å². The standard InChI is InChI=1S/C15H12BrClN2O2/c1-9-3-2-4-10(5-9)15(21)19-18-8-11-6-12(16)7-13(17)14(11)20/h2-8,20H,1H3,(H,19,21). The minimum atomic E-state index is -0.324. The van der Waals surface area contributed by atoms with E-state index in [4.69, 9.17) is 11.6 Å². The number of hydrazone groups is 1. The van der Waals surface area contributed by atoms with Crippen molar-refractivity contribution in [2.24, 2.45) is 5.10 Å². The molecule has 2 aromatic carbocycles. The summed E-state index contributed by atoms with van der Waals surface area (Å²) in [6, 6.07) is 10.4. The van der Waals surface area contributed by atoms with Gasteiger partial charge in [0.1, 0.15) is 5.75 Å². The molecule has 2 N–H and O–H groups in total. The van der Waals surface area contributed by atoms with Gasteiger partial charge < -0.3 is 5.11 Å². The average molecular weight is 368 g/mol. The zero-order valence-corrected chi connectivity index (χ0v) is 13.4. The Morgan fingerprint density at radius 1 is 1.38 bits per heavy atom. The van der Waals surface area contributed by atoms with Gasteiger partial charge in [0.15, 0.2) is 0 Å². The molecule has 108 valence electrons. The molecule has 0 atom stereocenters. The number of hydrogen-bond acceptors (Lipinski definition) is 3. The normalized spacial score (nSPS) is 10.8. The summed E-state index contributed by atoms with van der Waals surface area (Å²) in [6.45, 7) is 1.90. The lowest BCUT2D eigenvalue weighted by atomic mass is 10.1. The van der Waals surface area contributed by atoms with E-state index in [-0.39, 0.29) is 16.7 Å². The summed E-state index contributed by atoms with van der Waals surface area (Å²) in [6.07, 6.45) is 1.33. The number of phenols is 1. The van der Waals surface area contributed by atoms with Crippen LogP contribution in [0.2, 0.25) is 5.02 Å². The number of amides is 1. The first-order valence-electron chi connectivity index (χ1n) is 6.05. The summed E-state index contributed by atoms with van der Waals surface area (Å²) in [5.74, 6) is -0.413. The van der Waals surface area contributed by atoms with Crippen LogP contribution in [-0.4, -0.2) is 17.2 Å². The van der Waals surface area contributed by atoms with Gasteiger partial charge >= 0.3 is 0 Å². The Bertz CT molecular complexity index is 717. The van der Waals surface area contributed by atoms with Crippen LogP contribution >= 0.6 is 27.5 Å². The van der Waals surface area contributed by atoms with Crippen LogP contribution in [0.15, 0.2) is 46.0 Å². The van der Waals surface area contributed by atoms with Crippen molar-refractivity contribution in [3.05, 3.63) is 62.6 Å². The minimum absolute atomic E-state index is 0.0894. The number of phenolic OH excluding ortho intramolecular Hbond substituents is 1. The van der Waals surface area contributed by atoms with Crippen molar-refractivity contribution in [2.75, 3.05) is 0 Å². The summed E-state index contributed by atoms with van der Waals surface area (Å²) in [5.41, 5.74) is 4.31. The lowest BCUT2D eigenvalue weighted by Gasteiger charge is -2.03. The van der Waals surface area contributed by atoms with Crippen molar-refractivity contribution in [1.82, 2.24) is 5.43 Å². The maximum atomic E-state index is 11.9. The van der Waals surface area contributed by atoms with Crippen molar-refractivity contribution >= 4 is 39.7 Å². The van der Waals surface area contributed by atoms with Gasteiger partial charge in [-0.2, -0.15) is 5.10 Å². The molecule has 0 aromatic heterocycles. The fourth-order valence-corrected chi connectivity index (χ4v) is 2.53. The fraction of sp³-hybridized carbons (Fsp3) is 0.0667. The number of carbonyl (C=O) groups excluding carboxylic acids is 1. The predicted molar refractivity (Wildman–Crippen MR) is 87.1 cm³/mol. The Hall–Kier alpha value is -1.85. The molecule has 0 aliphatic carbocycles. The predicted octanol–water partition coefficient (Wildman–Crippen LogP) is 3.88. The summed E-state index contributed by atoms with van der Waals surface area (Å²) in [7, 11) is 0. The zero-order chi connectivity index (χ0) is 15.4. The number of rotatable bonds is 3. The quantitative estimate of drug-likeness (QED) is 0.639. The molecule has 0 radical (unpaired) electrons. The molecule has 0 bridgehead atoms. The SMILES string of the molecule is Cc1cccc(C(=O)NN=Cc2cc(Br)cc(Cl)c2O)c1. The Kier molecular flexibility index (Phi) is 4.98. The largest absolute Gasteiger partial charge is 0.506 e. The first-order chi connectivity index (χ1) is 9.97. The Morgan fingerprint density at radius 3 is 2.86 bits per heavy atom. The molecular weight excluding hydrogens is 356 g/mol. The topological polar surface area (TPSA) is 61.7 Å². The third-order valence-electron chi connectivity index (χ3n) is 2.71. The van der Waals surface area contributed by atoms with Crippen LogP contribution in [0.1, 0.15) is 21.5 Å². The lowest BCUT2D eigenvalue weighted by Crippen LogP contribution is -2.17. The maximum Gasteiger partial charge on any atom is 0.271 e. The lowest BCUT2D eigenvalue weighted by molar-refractivity contribution is 0.0955. The number of aromatic hydroxyl groups is 1. The van der Waals surface area contributed by atoms with E-state index < -0.39 is 0 Å². The average Bonchev–Trinajstić information content (AvgIpc) is 2.43. The van der Waals surface area contributed by atoms with Gasteiger partial charge in [0.2, 0.25) is 0 Å². The first-order valence-corrected chi connectivity index (χ1v) is 7.22. The van der Waals surface area contributed by atoms with E-state index in [1.807, 2.05) is 13.0 Å². The highest BCUT2D eigenvalue weighted by molar-refractivity contribution is 9.10. The van der Waals surface area contributed by atoms with Crippen LogP contribution in [0.25, 0.3) is 0 Å². The number of nitrogens with one attached hydrogen (secondary N) is 1. The molecule has 0 saturated heterocycles. The van der Waals surface area contributed by atoms with E-state index in [2.05, 4.69) is 26.5 Å². The second-order valence-electron chi connectivity index (χ2n) is 4.39. The monoisotopic (exact) mass is 366 g/mol. The van der Waals surface area contributed by atoms with E-state index in [1.165, 1.54) is 6.21 Å². The maximum absolute atomic E-state index is 11.9. The van der Waals surface area contributed by atoms with Crippen LogP contribution in [0.4, 0.5) is 0 Å². The number of benzene rings is 2. The molecule has 2 rings (SSSR count). The van der Waals surface area contributed by atoms with Gasteiger partial charge in [0.25, 0.3) is 5.91 Å². The van der Waals surface area contributed by atoms with Gasteiger partial charge in [0, 0.05) is 15.6 Å². The summed E-state index contributed by atoms with van der Waals surface area (Å²) in [4.78, 5) is 11.9. The zero-order valence-electron chi connectivity index (χ0n) is 11.1. The van der Waals surface area contributed by atoms with Crippen molar-refractivity contribution < 1.29 is 9.90 Å². The van der Waals surface area contributed by atoms with Crippen LogP contribution < -0.4 is 5.43 Å². The summed E-state index contributed by atoms with van der Waals surface area (Å²) in [5, 5.41) is 13.8. The second-order valence-corrected chi connectivity index (χ2v) is 5.72. The first kappa shape index (κ1) is 15.5. The highest BCUT2D eigenvalue weighted by Crippen LogP contribution is 2.30. The van der Waals surface area contributed by atoms with Crippen molar-refractivity contribution in [2.45, 2.75) is 6.92 Å². The Labute approximate surface area is 135 Å². The van der Waals surface area contributed by atoms with Crippen LogP contribution in [0.3, 0.4) is 0 Å². The van der Waals surface area contributed by atoms with Crippen LogP contribution in [0.5, 0.6) is 5.75 Å². The number of aryl methyl sites for hydroxylation is 1. The molecule has 0 fully saturated rings. The van der Waals surface area contributed by atoms with Gasteiger partial charge in [-0.3, -0.25) is 4.79 Å². The third-order valence-corrected chi connectivity index (χ3v) is 3.45. The minimum Gasteiger partial charge on any atom is -0.506 e. The number of nitrogens with zero attached hydrogens (tertiary/aromatic N) is 1. The van der Waals surface area contributed by atoms with Crippen molar-refractivity contribution in [3.63, 3.8) is 0 Å². The Balaban J connectivity index is 2.11. The molecular formula is C15H12BrClN2O2. The number of hydrogen-bond donors (Lipinski definition) is 2. The number of halogens is 2. The number of carbonyl (C=O) groups is 1.